The molecule has 0 saturated heterocycles. The Hall–Kier alpha value is -1.46. The zero-order valence-electron chi connectivity index (χ0n) is 12.3. The molecule has 0 aliphatic heterocycles. The van der Waals surface area contributed by atoms with E-state index < -0.39 is 0 Å². The summed E-state index contributed by atoms with van der Waals surface area (Å²) in [5.41, 5.74) is 1.21. The van der Waals surface area contributed by atoms with Crippen LogP contribution in [-0.2, 0) is 6.54 Å². The van der Waals surface area contributed by atoms with Gasteiger partial charge in [0.2, 0.25) is 0 Å². The van der Waals surface area contributed by atoms with E-state index in [0.29, 0.717) is 6.04 Å². The number of pyridine rings is 1. The Kier molecular flexibility index (Phi) is 5.49. The molecule has 1 unspecified atom stereocenters. The summed E-state index contributed by atoms with van der Waals surface area (Å²) in [6, 6.07) is 4.36. The van der Waals surface area contributed by atoms with Gasteiger partial charge in [-0.05, 0) is 32.4 Å². The molecule has 2 heterocycles. The summed E-state index contributed by atoms with van der Waals surface area (Å²) >= 11 is 1.76. The third kappa shape index (κ3) is 3.77. The number of aromatic nitrogens is 2. The minimum atomic E-state index is 0.294. The molecule has 0 fully saturated rings. The maximum atomic E-state index is 4.50. The third-order valence-corrected chi connectivity index (χ3v) is 4.40. The Labute approximate surface area is 124 Å². The molecule has 4 nitrogen and oxygen atoms in total. The van der Waals surface area contributed by atoms with Crippen LogP contribution >= 0.6 is 11.3 Å². The number of nitrogens with zero attached hydrogens (tertiary/aromatic N) is 3. The van der Waals surface area contributed by atoms with Crippen molar-refractivity contribution in [1.82, 2.24) is 15.3 Å². The Bertz CT molecular complexity index is 508. The second kappa shape index (κ2) is 7.36. The molecule has 0 radical (unpaired) electrons. The van der Waals surface area contributed by atoms with Gasteiger partial charge in [0.05, 0.1) is 0 Å². The molecule has 1 atom stereocenters. The van der Waals surface area contributed by atoms with Gasteiger partial charge in [-0.25, -0.2) is 4.98 Å². The lowest BCUT2D eigenvalue weighted by Crippen LogP contribution is -2.21. The topological polar surface area (TPSA) is 41.1 Å². The van der Waals surface area contributed by atoms with Crippen molar-refractivity contribution >= 4 is 16.5 Å². The molecule has 0 bridgehead atoms. The summed E-state index contributed by atoms with van der Waals surface area (Å²) in [6.07, 6.45) is 5.68. The van der Waals surface area contributed by atoms with Crippen molar-refractivity contribution in [2.24, 2.45) is 0 Å². The standard InChI is InChI=1S/C15H22N4S/c1-4-19(5-2)15-18-11-14(20-15)10-17-12(3)13-7-6-8-16-9-13/h6-9,11-12,17H,4-5,10H2,1-3H3. The van der Waals surface area contributed by atoms with Crippen molar-refractivity contribution in [3.63, 3.8) is 0 Å². The van der Waals surface area contributed by atoms with Gasteiger partial charge in [-0.15, -0.1) is 11.3 Å². The molecule has 108 valence electrons. The van der Waals surface area contributed by atoms with E-state index in [4.69, 9.17) is 0 Å². The Morgan fingerprint density at radius 3 is 2.75 bits per heavy atom. The first kappa shape index (κ1) is 14.9. The predicted octanol–water partition coefficient (Wildman–Crippen LogP) is 3.24. The average Bonchev–Trinajstić information content (AvgIpc) is 2.96. The molecule has 1 N–H and O–H groups in total. The average molecular weight is 290 g/mol. The molecule has 0 amide bonds. The van der Waals surface area contributed by atoms with Crippen molar-refractivity contribution in [2.75, 3.05) is 18.0 Å². The normalized spacial score (nSPS) is 12.3. The van der Waals surface area contributed by atoms with E-state index in [0.717, 1.165) is 24.8 Å². The summed E-state index contributed by atoms with van der Waals surface area (Å²) < 4.78 is 0. The van der Waals surface area contributed by atoms with E-state index >= 15 is 0 Å². The van der Waals surface area contributed by atoms with Crippen molar-refractivity contribution in [3.05, 3.63) is 41.2 Å². The van der Waals surface area contributed by atoms with E-state index in [1.54, 1.807) is 17.5 Å². The molecule has 5 heteroatoms. The van der Waals surface area contributed by atoms with Crippen LogP contribution in [0.1, 0.15) is 37.3 Å². The van der Waals surface area contributed by atoms with Gasteiger partial charge in [0.15, 0.2) is 5.13 Å². The number of rotatable bonds is 7. The Morgan fingerprint density at radius 2 is 2.10 bits per heavy atom. The van der Waals surface area contributed by atoms with Crippen molar-refractivity contribution in [1.29, 1.82) is 0 Å². The molecular formula is C15H22N4S. The minimum Gasteiger partial charge on any atom is -0.349 e. The molecule has 0 aliphatic carbocycles. The first-order valence-corrected chi connectivity index (χ1v) is 7.89. The summed E-state index contributed by atoms with van der Waals surface area (Å²) in [5, 5.41) is 4.63. The molecule has 0 aromatic carbocycles. The van der Waals surface area contributed by atoms with E-state index in [2.05, 4.69) is 47.0 Å². The highest BCUT2D eigenvalue weighted by molar-refractivity contribution is 7.15. The van der Waals surface area contributed by atoms with Gasteiger partial charge >= 0.3 is 0 Å². The number of anilines is 1. The second-order valence-electron chi connectivity index (χ2n) is 4.67. The van der Waals surface area contributed by atoms with Crippen molar-refractivity contribution < 1.29 is 0 Å². The van der Waals surface area contributed by atoms with Crippen LogP contribution in [0.2, 0.25) is 0 Å². The largest absolute Gasteiger partial charge is 0.349 e. The fourth-order valence-electron chi connectivity index (χ4n) is 2.02. The zero-order valence-corrected chi connectivity index (χ0v) is 13.2. The van der Waals surface area contributed by atoms with Crippen LogP contribution in [0.15, 0.2) is 30.7 Å². The molecule has 2 aromatic rings. The molecule has 2 rings (SSSR count). The smallest absolute Gasteiger partial charge is 0.185 e. The van der Waals surface area contributed by atoms with Crippen LogP contribution in [0.3, 0.4) is 0 Å². The highest BCUT2D eigenvalue weighted by atomic mass is 32.1. The van der Waals surface area contributed by atoms with E-state index in [-0.39, 0.29) is 0 Å². The van der Waals surface area contributed by atoms with Gasteiger partial charge in [0.1, 0.15) is 0 Å². The SMILES string of the molecule is CCN(CC)c1ncc(CNC(C)c2cccnc2)s1. The summed E-state index contributed by atoms with van der Waals surface area (Å²) in [6.45, 7) is 9.32. The zero-order chi connectivity index (χ0) is 14.4. The van der Waals surface area contributed by atoms with Crippen molar-refractivity contribution in [2.45, 2.75) is 33.4 Å². The van der Waals surface area contributed by atoms with Crippen molar-refractivity contribution in [3.8, 4) is 0 Å². The van der Waals surface area contributed by atoms with Crippen LogP contribution in [0.25, 0.3) is 0 Å². The van der Waals surface area contributed by atoms with Crippen LogP contribution in [0.5, 0.6) is 0 Å². The maximum Gasteiger partial charge on any atom is 0.185 e. The third-order valence-electron chi connectivity index (χ3n) is 3.34. The van der Waals surface area contributed by atoms with Gasteiger partial charge in [-0.1, -0.05) is 6.07 Å². The lowest BCUT2D eigenvalue weighted by Gasteiger charge is -2.16. The highest BCUT2D eigenvalue weighted by Gasteiger charge is 2.09. The Morgan fingerprint density at radius 1 is 1.30 bits per heavy atom. The minimum absolute atomic E-state index is 0.294. The Balaban J connectivity index is 1.91. The number of hydrogen-bond acceptors (Lipinski definition) is 5. The molecule has 0 spiro atoms. The lowest BCUT2D eigenvalue weighted by molar-refractivity contribution is 0.577. The lowest BCUT2D eigenvalue weighted by atomic mass is 10.1. The second-order valence-corrected chi connectivity index (χ2v) is 5.76. The summed E-state index contributed by atoms with van der Waals surface area (Å²) in [7, 11) is 0. The molecule has 2 aromatic heterocycles. The monoisotopic (exact) mass is 290 g/mol. The van der Waals surface area contributed by atoms with E-state index in [1.807, 2.05) is 18.5 Å². The molecular weight excluding hydrogens is 268 g/mol. The van der Waals surface area contributed by atoms with E-state index in [1.165, 1.54) is 10.4 Å². The number of thiazole rings is 1. The molecule has 0 aliphatic rings. The fourth-order valence-corrected chi connectivity index (χ4v) is 3.01. The van der Waals surface area contributed by atoms with E-state index in [9.17, 15) is 0 Å². The fraction of sp³-hybridized carbons (Fsp3) is 0.467. The summed E-state index contributed by atoms with van der Waals surface area (Å²) in [5.74, 6) is 0. The first-order chi connectivity index (χ1) is 9.74. The van der Waals surface area contributed by atoms with Gasteiger partial charge in [-0.3, -0.25) is 4.98 Å². The van der Waals surface area contributed by atoms with Gasteiger partial charge in [0.25, 0.3) is 0 Å². The van der Waals surface area contributed by atoms with Gasteiger partial charge < -0.3 is 10.2 Å². The first-order valence-electron chi connectivity index (χ1n) is 7.07. The number of nitrogens with one attached hydrogen (secondary N) is 1. The van der Waals surface area contributed by atoms with Gasteiger partial charge in [-0.2, -0.15) is 0 Å². The maximum absolute atomic E-state index is 4.50. The van der Waals surface area contributed by atoms with Crippen LogP contribution in [0, 0.1) is 0 Å². The molecule has 0 saturated carbocycles. The number of hydrogen-bond donors (Lipinski definition) is 1. The molecule has 20 heavy (non-hydrogen) atoms. The quantitative estimate of drug-likeness (QED) is 0.850. The van der Waals surface area contributed by atoms with Crippen LogP contribution in [-0.4, -0.2) is 23.1 Å². The summed E-state index contributed by atoms with van der Waals surface area (Å²) in [4.78, 5) is 12.2. The van der Waals surface area contributed by atoms with Crippen LogP contribution < -0.4 is 10.2 Å². The predicted molar refractivity (Wildman–Crippen MR) is 85.2 cm³/mol. The van der Waals surface area contributed by atoms with Crippen LogP contribution in [0.4, 0.5) is 5.13 Å². The van der Waals surface area contributed by atoms with Gasteiger partial charge in [0, 0.05) is 49.1 Å². The highest BCUT2D eigenvalue weighted by Crippen LogP contribution is 2.22.